The van der Waals surface area contributed by atoms with E-state index in [1.54, 1.807) is 7.11 Å². The second kappa shape index (κ2) is 8.15. The number of rotatable bonds is 3. The standard InChI is InChI=1S/C12H17NO2.C5H10O2/c1-15-11-4-2-10(3-5-11)12(14)6-8-13-9-7-12;1-5(2,3)7-4-6/h2-5,13-14H,6-9H2,1H3;4H,1-3H3. The highest BCUT2D eigenvalue weighted by Crippen LogP contribution is 2.31. The smallest absolute Gasteiger partial charge is 0.293 e. The van der Waals surface area contributed by atoms with Crippen LogP contribution in [0.5, 0.6) is 5.75 Å². The molecule has 0 aromatic heterocycles. The molecule has 124 valence electrons. The van der Waals surface area contributed by atoms with Crippen LogP contribution in [0.25, 0.3) is 0 Å². The zero-order valence-electron chi connectivity index (χ0n) is 13.9. The van der Waals surface area contributed by atoms with Crippen molar-refractivity contribution in [1.82, 2.24) is 5.32 Å². The van der Waals surface area contributed by atoms with Crippen molar-refractivity contribution in [1.29, 1.82) is 0 Å². The molecule has 1 aliphatic heterocycles. The monoisotopic (exact) mass is 309 g/mol. The van der Waals surface area contributed by atoms with Gasteiger partial charge in [-0.2, -0.15) is 0 Å². The van der Waals surface area contributed by atoms with E-state index < -0.39 is 5.60 Å². The molecule has 1 aromatic carbocycles. The number of benzene rings is 1. The molecule has 0 amide bonds. The molecule has 0 spiro atoms. The summed E-state index contributed by atoms with van der Waals surface area (Å²) in [7, 11) is 1.65. The molecule has 1 heterocycles. The first-order valence-electron chi connectivity index (χ1n) is 7.50. The Labute approximate surface area is 132 Å². The molecule has 0 radical (unpaired) electrons. The van der Waals surface area contributed by atoms with Gasteiger partial charge in [-0.05, 0) is 64.4 Å². The number of carbonyl (C=O) groups excluding carboxylic acids is 1. The van der Waals surface area contributed by atoms with E-state index in [1.807, 2.05) is 45.0 Å². The lowest BCUT2D eigenvalue weighted by Crippen LogP contribution is -2.39. The predicted octanol–water partition coefficient (Wildman–Crippen LogP) is 2.22. The largest absolute Gasteiger partial charge is 0.497 e. The Kier molecular flexibility index (Phi) is 6.84. The number of carbonyl (C=O) groups is 1. The lowest BCUT2D eigenvalue weighted by molar-refractivity contribution is -0.138. The molecule has 2 rings (SSSR count). The van der Waals surface area contributed by atoms with Crippen LogP contribution in [0.4, 0.5) is 0 Å². The van der Waals surface area contributed by atoms with Crippen molar-refractivity contribution in [3.8, 4) is 5.75 Å². The number of nitrogens with one attached hydrogen (secondary N) is 1. The Bertz CT molecular complexity index is 445. The molecule has 1 aliphatic rings. The minimum absolute atomic E-state index is 0.318. The van der Waals surface area contributed by atoms with Crippen molar-refractivity contribution in [2.75, 3.05) is 20.2 Å². The minimum atomic E-state index is -0.655. The Morgan fingerprint density at radius 1 is 1.18 bits per heavy atom. The fourth-order valence-electron chi connectivity index (χ4n) is 2.17. The van der Waals surface area contributed by atoms with E-state index in [0.29, 0.717) is 6.47 Å². The summed E-state index contributed by atoms with van der Waals surface area (Å²) in [5, 5.41) is 13.7. The van der Waals surface area contributed by atoms with Gasteiger partial charge in [0.1, 0.15) is 11.4 Å². The van der Waals surface area contributed by atoms with Crippen molar-refractivity contribution < 1.29 is 19.4 Å². The van der Waals surface area contributed by atoms with E-state index in [9.17, 15) is 9.90 Å². The second-order valence-electron chi connectivity index (χ2n) is 6.34. The average molecular weight is 309 g/mol. The zero-order chi connectivity index (χ0) is 16.6. The van der Waals surface area contributed by atoms with Crippen LogP contribution in [0.2, 0.25) is 0 Å². The van der Waals surface area contributed by atoms with Gasteiger partial charge >= 0.3 is 0 Å². The maximum Gasteiger partial charge on any atom is 0.293 e. The molecule has 0 unspecified atom stereocenters. The van der Waals surface area contributed by atoms with Crippen LogP contribution < -0.4 is 10.1 Å². The summed E-state index contributed by atoms with van der Waals surface area (Å²) >= 11 is 0. The molecular weight excluding hydrogens is 282 g/mol. The van der Waals surface area contributed by atoms with Crippen molar-refractivity contribution >= 4 is 6.47 Å². The molecule has 5 heteroatoms. The average Bonchev–Trinajstić information content (AvgIpc) is 2.47. The van der Waals surface area contributed by atoms with Gasteiger partial charge in [-0.25, -0.2) is 0 Å². The first-order chi connectivity index (χ1) is 10.3. The summed E-state index contributed by atoms with van der Waals surface area (Å²) in [5.41, 5.74) is 0.0176. The normalized spacial score (nSPS) is 17.0. The fraction of sp³-hybridized carbons (Fsp3) is 0.588. The Morgan fingerprint density at radius 2 is 1.73 bits per heavy atom. The molecule has 0 saturated carbocycles. The van der Waals surface area contributed by atoms with Crippen molar-refractivity contribution in [3.63, 3.8) is 0 Å². The van der Waals surface area contributed by atoms with Crippen LogP contribution in [-0.2, 0) is 15.1 Å². The van der Waals surface area contributed by atoms with Crippen LogP contribution in [0.15, 0.2) is 24.3 Å². The van der Waals surface area contributed by atoms with Crippen LogP contribution in [0, 0.1) is 0 Å². The van der Waals surface area contributed by atoms with E-state index in [2.05, 4.69) is 10.1 Å². The lowest BCUT2D eigenvalue weighted by Gasteiger charge is -2.33. The SMILES string of the molecule is CC(C)(C)OC=O.COc1ccc(C2(O)CCNCC2)cc1. The molecule has 0 atom stereocenters. The summed E-state index contributed by atoms with van der Waals surface area (Å²) in [4.78, 5) is 9.60. The van der Waals surface area contributed by atoms with Gasteiger partial charge in [0.15, 0.2) is 0 Å². The topological polar surface area (TPSA) is 67.8 Å². The van der Waals surface area contributed by atoms with E-state index in [0.717, 1.165) is 37.2 Å². The van der Waals surface area contributed by atoms with Crippen LogP contribution in [0.3, 0.4) is 0 Å². The number of methoxy groups -OCH3 is 1. The summed E-state index contributed by atoms with van der Waals surface area (Å²) in [5.74, 6) is 0.830. The van der Waals surface area contributed by atoms with Crippen LogP contribution >= 0.6 is 0 Å². The predicted molar refractivity (Wildman–Crippen MR) is 85.9 cm³/mol. The minimum Gasteiger partial charge on any atom is -0.497 e. The lowest BCUT2D eigenvalue weighted by atomic mass is 9.85. The summed E-state index contributed by atoms with van der Waals surface area (Å²) in [6.07, 6.45) is 1.55. The third kappa shape index (κ3) is 6.03. The molecule has 5 nitrogen and oxygen atoms in total. The number of piperidine rings is 1. The number of hydrogen-bond acceptors (Lipinski definition) is 5. The Hall–Kier alpha value is -1.59. The maximum absolute atomic E-state index is 10.4. The van der Waals surface area contributed by atoms with Gasteiger partial charge in [-0.3, -0.25) is 4.79 Å². The first kappa shape index (κ1) is 18.5. The Balaban J connectivity index is 0.000000295. The van der Waals surface area contributed by atoms with Crippen molar-refractivity contribution in [2.24, 2.45) is 0 Å². The fourth-order valence-corrected chi connectivity index (χ4v) is 2.17. The summed E-state index contributed by atoms with van der Waals surface area (Å²) in [6.45, 7) is 7.68. The number of aliphatic hydroxyl groups is 1. The summed E-state index contributed by atoms with van der Waals surface area (Å²) < 4.78 is 9.64. The molecule has 1 aromatic rings. The number of hydrogen-bond donors (Lipinski definition) is 2. The van der Waals surface area contributed by atoms with Crippen LogP contribution in [-0.4, -0.2) is 37.4 Å². The van der Waals surface area contributed by atoms with E-state index >= 15 is 0 Å². The van der Waals surface area contributed by atoms with Gasteiger partial charge in [-0.15, -0.1) is 0 Å². The third-order valence-corrected chi connectivity index (χ3v) is 3.46. The van der Waals surface area contributed by atoms with Gasteiger partial charge in [-0.1, -0.05) is 12.1 Å². The zero-order valence-corrected chi connectivity index (χ0v) is 13.9. The van der Waals surface area contributed by atoms with Gasteiger partial charge in [0, 0.05) is 0 Å². The van der Waals surface area contributed by atoms with E-state index in [4.69, 9.17) is 4.74 Å². The molecule has 1 saturated heterocycles. The van der Waals surface area contributed by atoms with Crippen molar-refractivity contribution in [2.45, 2.75) is 44.8 Å². The summed E-state index contributed by atoms with van der Waals surface area (Å²) in [6, 6.07) is 7.69. The quantitative estimate of drug-likeness (QED) is 0.838. The first-order valence-corrected chi connectivity index (χ1v) is 7.50. The maximum atomic E-state index is 10.4. The van der Waals surface area contributed by atoms with Gasteiger partial charge < -0.3 is 19.9 Å². The molecule has 22 heavy (non-hydrogen) atoms. The van der Waals surface area contributed by atoms with E-state index in [1.165, 1.54) is 0 Å². The molecule has 1 fully saturated rings. The number of ether oxygens (including phenoxy) is 2. The Morgan fingerprint density at radius 3 is 2.09 bits per heavy atom. The highest BCUT2D eigenvalue weighted by Gasteiger charge is 2.30. The molecule has 2 N–H and O–H groups in total. The van der Waals surface area contributed by atoms with Gasteiger partial charge in [0.2, 0.25) is 0 Å². The van der Waals surface area contributed by atoms with Gasteiger partial charge in [0.25, 0.3) is 6.47 Å². The van der Waals surface area contributed by atoms with Crippen LogP contribution in [0.1, 0.15) is 39.2 Å². The second-order valence-corrected chi connectivity index (χ2v) is 6.34. The highest BCUT2D eigenvalue weighted by atomic mass is 16.5. The van der Waals surface area contributed by atoms with E-state index in [-0.39, 0.29) is 5.60 Å². The van der Waals surface area contributed by atoms with Crippen molar-refractivity contribution in [3.05, 3.63) is 29.8 Å². The molecule has 0 aliphatic carbocycles. The third-order valence-electron chi connectivity index (χ3n) is 3.46. The molecule has 0 bridgehead atoms. The van der Waals surface area contributed by atoms with Gasteiger partial charge in [0.05, 0.1) is 12.7 Å². The highest BCUT2D eigenvalue weighted by molar-refractivity contribution is 5.37. The molecular formula is C17H27NO4.